The Bertz CT molecular complexity index is 339. The van der Waals surface area contributed by atoms with Crippen molar-refractivity contribution in [3.05, 3.63) is 34.9 Å². The molecule has 1 unspecified atom stereocenters. The standard InChI is InChI=1S/C16H27N/c1-6-15(7-2)16(17-5)11-14-9-8-12(3)13(4)10-14/h8-10,15-17H,6-7,11H2,1-5H3. The van der Waals surface area contributed by atoms with Crippen LogP contribution in [0.5, 0.6) is 0 Å². The Hall–Kier alpha value is -0.820. The van der Waals surface area contributed by atoms with Crippen molar-refractivity contribution in [1.82, 2.24) is 5.32 Å². The van der Waals surface area contributed by atoms with Crippen LogP contribution in [0.1, 0.15) is 43.4 Å². The van der Waals surface area contributed by atoms with E-state index in [-0.39, 0.29) is 0 Å². The van der Waals surface area contributed by atoms with Gasteiger partial charge in [0.2, 0.25) is 0 Å². The van der Waals surface area contributed by atoms with Gasteiger partial charge in [0.25, 0.3) is 0 Å². The Morgan fingerprint density at radius 1 is 1.06 bits per heavy atom. The van der Waals surface area contributed by atoms with Gasteiger partial charge in [0, 0.05) is 6.04 Å². The Balaban J connectivity index is 2.76. The number of hydrogen-bond donors (Lipinski definition) is 1. The van der Waals surface area contributed by atoms with Crippen LogP contribution in [0.25, 0.3) is 0 Å². The van der Waals surface area contributed by atoms with E-state index in [1.54, 1.807) is 0 Å². The number of hydrogen-bond acceptors (Lipinski definition) is 1. The molecule has 17 heavy (non-hydrogen) atoms. The molecule has 1 nitrogen and oxygen atoms in total. The monoisotopic (exact) mass is 233 g/mol. The molecule has 1 aromatic rings. The van der Waals surface area contributed by atoms with E-state index < -0.39 is 0 Å². The second-order valence-corrected chi connectivity index (χ2v) is 5.09. The molecule has 0 heterocycles. The van der Waals surface area contributed by atoms with Crippen LogP contribution in [0.4, 0.5) is 0 Å². The molecule has 0 aliphatic heterocycles. The van der Waals surface area contributed by atoms with Gasteiger partial charge in [-0.05, 0) is 49.9 Å². The summed E-state index contributed by atoms with van der Waals surface area (Å²) in [6.07, 6.45) is 3.66. The lowest BCUT2D eigenvalue weighted by molar-refractivity contribution is 0.349. The predicted octanol–water partition coefficient (Wildman–Crippen LogP) is 3.87. The summed E-state index contributed by atoms with van der Waals surface area (Å²) in [6.45, 7) is 8.96. The maximum atomic E-state index is 3.49. The van der Waals surface area contributed by atoms with E-state index >= 15 is 0 Å². The second kappa shape index (κ2) is 6.80. The van der Waals surface area contributed by atoms with Gasteiger partial charge < -0.3 is 5.32 Å². The zero-order chi connectivity index (χ0) is 12.8. The molecule has 1 aromatic carbocycles. The van der Waals surface area contributed by atoms with Crippen LogP contribution in [0, 0.1) is 19.8 Å². The minimum atomic E-state index is 0.604. The molecular formula is C16H27N. The van der Waals surface area contributed by atoms with Crippen LogP contribution in [0.3, 0.4) is 0 Å². The molecule has 0 spiro atoms. The summed E-state index contributed by atoms with van der Waals surface area (Å²) in [5, 5.41) is 3.49. The second-order valence-electron chi connectivity index (χ2n) is 5.09. The first-order valence-corrected chi connectivity index (χ1v) is 6.85. The summed E-state index contributed by atoms with van der Waals surface area (Å²) in [5.74, 6) is 0.779. The van der Waals surface area contributed by atoms with E-state index in [9.17, 15) is 0 Å². The molecule has 1 rings (SSSR count). The molecule has 0 saturated heterocycles. The van der Waals surface area contributed by atoms with Crippen molar-refractivity contribution in [3.63, 3.8) is 0 Å². The van der Waals surface area contributed by atoms with Crippen LogP contribution < -0.4 is 5.32 Å². The van der Waals surface area contributed by atoms with Crippen LogP contribution in [0.15, 0.2) is 18.2 Å². The summed E-state index contributed by atoms with van der Waals surface area (Å²) in [6, 6.07) is 7.45. The van der Waals surface area contributed by atoms with Gasteiger partial charge in [-0.2, -0.15) is 0 Å². The van der Waals surface area contributed by atoms with E-state index in [4.69, 9.17) is 0 Å². The number of likely N-dealkylation sites (N-methyl/N-ethyl adjacent to an activating group) is 1. The summed E-state index contributed by atoms with van der Waals surface area (Å²) in [4.78, 5) is 0. The Morgan fingerprint density at radius 2 is 1.71 bits per heavy atom. The number of benzene rings is 1. The van der Waals surface area contributed by atoms with Gasteiger partial charge in [-0.1, -0.05) is 44.9 Å². The first kappa shape index (κ1) is 14.2. The van der Waals surface area contributed by atoms with Crippen molar-refractivity contribution in [2.45, 2.75) is 53.0 Å². The highest BCUT2D eigenvalue weighted by molar-refractivity contribution is 5.30. The molecule has 1 atom stereocenters. The third-order valence-electron chi connectivity index (χ3n) is 4.02. The van der Waals surface area contributed by atoms with Crippen molar-refractivity contribution in [3.8, 4) is 0 Å². The van der Waals surface area contributed by atoms with Gasteiger partial charge in [0.05, 0.1) is 0 Å². The van der Waals surface area contributed by atoms with Crippen LogP contribution in [0.2, 0.25) is 0 Å². The van der Waals surface area contributed by atoms with Crippen molar-refractivity contribution in [2.24, 2.45) is 5.92 Å². The Kier molecular flexibility index (Phi) is 5.70. The molecule has 0 aliphatic carbocycles. The van der Waals surface area contributed by atoms with Gasteiger partial charge in [0.15, 0.2) is 0 Å². The molecule has 96 valence electrons. The minimum absolute atomic E-state index is 0.604. The third-order valence-corrected chi connectivity index (χ3v) is 4.02. The molecule has 0 bridgehead atoms. The average molecular weight is 233 g/mol. The third kappa shape index (κ3) is 3.85. The topological polar surface area (TPSA) is 12.0 Å². The number of aryl methyl sites for hydroxylation is 2. The van der Waals surface area contributed by atoms with Crippen LogP contribution in [-0.4, -0.2) is 13.1 Å². The van der Waals surface area contributed by atoms with Gasteiger partial charge in [-0.25, -0.2) is 0 Å². The zero-order valence-corrected chi connectivity index (χ0v) is 12.0. The van der Waals surface area contributed by atoms with Crippen molar-refractivity contribution >= 4 is 0 Å². The summed E-state index contributed by atoms with van der Waals surface area (Å²) in [7, 11) is 2.09. The van der Waals surface area contributed by atoms with Gasteiger partial charge in [0.1, 0.15) is 0 Å². The lowest BCUT2D eigenvalue weighted by Gasteiger charge is -2.25. The first-order valence-electron chi connectivity index (χ1n) is 6.85. The molecule has 1 heteroatoms. The number of rotatable bonds is 6. The minimum Gasteiger partial charge on any atom is -0.316 e. The first-order chi connectivity index (χ1) is 8.12. The lowest BCUT2D eigenvalue weighted by Crippen LogP contribution is -2.35. The molecular weight excluding hydrogens is 206 g/mol. The fraction of sp³-hybridized carbons (Fsp3) is 0.625. The van der Waals surface area contributed by atoms with E-state index in [0.717, 1.165) is 12.3 Å². The van der Waals surface area contributed by atoms with Crippen molar-refractivity contribution < 1.29 is 0 Å². The Morgan fingerprint density at radius 3 is 2.18 bits per heavy atom. The molecule has 0 aliphatic rings. The SMILES string of the molecule is CCC(CC)C(Cc1ccc(C)c(C)c1)NC. The van der Waals surface area contributed by atoms with Gasteiger partial charge >= 0.3 is 0 Å². The van der Waals surface area contributed by atoms with E-state index in [0.29, 0.717) is 6.04 Å². The molecule has 0 amide bonds. The quantitative estimate of drug-likeness (QED) is 0.786. The predicted molar refractivity (Wildman–Crippen MR) is 76.5 cm³/mol. The molecule has 0 saturated carbocycles. The lowest BCUT2D eigenvalue weighted by atomic mass is 9.89. The van der Waals surface area contributed by atoms with E-state index in [1.165, 1.54) is 29.5 Å². The van der Waals surface area contributed by atoms with Gasteiger partial charge in [-0.15, -0.1) is 0 Å². The summed E-state index contributed by atoms with van der Waals surface area (Å²) < 4.78 is 0. The molecule has 0 radical (unpaired) electrons. The van der Waals surface area contributed by atoms with Crippen molar-refractivity contribution in [1.29, 1.82) is 0 Å². The fourth-order valence-electron chi connectivity index (χ4n) is 2.55. The van der Waals surface area contributed by atoms with Crippen LogP contribution in [-0.2, 0) is 6.42 Å². The zero-order valence-electron chi connectivity index (χ0n) is 12.0. The highest BCUT2D eigenvalue weighted by Crippen LogP contribution is 2.18. The van der Waals surface area contributed by atoms with E-state index in [1.807, 2.05) is 0 Å². The summed E-state index contributed by atoms with van der Waals surface area (Å²) in [5.41, 5.74) is 4.25. The maximum absolute atomic E-state index is 3.49. The normalized spacial score (nSPS) is 13.1. The van der Waals surface area contributed by atoms with Crippen LogP contribution >= 0.6 is 0 Å². The molecule has 1 N–H and O–H groups in total. The smallest absolute Gasteiger partial charge is 0.0132 e. The average Bonchev–Trinajstić information content (AvgIpc) is 2.33. The fourth-order valence-corrected chi connectivity index (χ4v) is 2.55. The summed E-state index contributed by atoms with van der Waals surface area (Å²) >= 11 is 0. The highest BCUT2D eigenvalue weighted by atomic mass is 14.9. The molecule has 0 fully saturated rings. The molecule has 0 aromatic heterocycles. The maximum Gasteiger partial charge on any atom is 0.0132 e. The highest BCUT2D eigenvalue weighted by Gasteiger charge is 2.16. The van der Waals surface area contributed by atoms with E-state index in [2.05, 4.69) is 58.3 Å². The Labute approximate surface area is 107 Å². The largest absolute Gasteiger partial charge is 0.316 e. The van der Waals surface area contributed by atoms with Gasteiger partial charge in [-0.3, -0.25) is 0 Å². The van der Waals surface area contributed by atoms with Crippen molar-refractivity contribution in [2.75, 3.05) is 7.05 Å². The number of nitrogens with one attached hydrogen (secondary N) is 1.